The minimum absolute atomic E-state index is 0.177. The summed E-state index contributed by atoms with van der Waals surface area (Å²) >= 11 is 0. The number of nitrogens with two attached hydrogens (primary N) is 2. The Hall–Kier alpha value is -3.28. The topological polar surface area (TPSA) is 145 Å². The van der Waals surface area contributed by atoms with Crippen LogP contribution in [-0.4, -0.2) is 14.9 Å². The van der Waals surface area contributed by atoms with Crippen molar-refractivity contribution in [3.63, 3.8) is 0 Å². The molecule has 0 aliphatic heterocycles. The first kappa shape index (κ1) is 13.2. The predicted molar refractivity (Wildman–Crippen MR) is 67.6 cm³/mol. The predicted octanol–water partition coefficient (Wildman–Crippen LogP) is 1.23. The summed E-state index contributed by atoms with van der Waals surface area (Å²) in [5, 5.41) is 20.0. The van der Waals surface area contributed by atoms with Crippen LogP contribution in [0, 0.1) is 27.3 Å². The van der Waals surface area contributed by atoms with E-state index in [2.05, 4.69) is 9.97 Å². The number of anilines is 2. The maximum Gasteiger partial charge on any atom is 0.279 e. The number of nitro groups is 1. The lowest BCUT2D eigenvalue weighted by Gasteiger charge is -2.07. The largest absolute Gasteiger partial charge is 0.382 e. The van der Waals surface area contributed by atoms with Crippen molar-refractivity contribution >= 4 is 17.5 Å². The molecule has 0 saturated carbocycles. The number of hydrogen-bond donors (Lipinski definition) is 2. The number of nitrogen functional groups attached to an aromatic ring is 2. The number of benzene rings is 1. The molecule has 0 radical (unpaired) electrons. The zero-order chi connectivity index (χ0) is 14.9. The minimum Gasteiger partial charge on any atom is -0.382 e. The molecule has 0 bridgehead atoms. The fraction of sp³-hybridized carbons (Fsp3) is 0. The lowest BCUT2D eigenvalue weighted by molar-refractivity contribution is -0.384. The average Bonchev–Trinajstić information content (AvgIpc) is 2.37. The van der Waals surface area contributed by atoms with E-state index in [0.717, 1.165) is 18.2 Å². The van der Waals surface area contributed by atoms with Crippen molar-refractivity contribution in [3.8, 4) is 17.3 Å². The maximum absolute atomic E-state index is 13.3. The number of nitrogens with zero attached hydrogens (tertiary/aromatic N) is 4. The van der Waals surface area contributed by atoms with E-state index >= 15 is 0 Å². The molecular weight excluding hydrogens is 267 g/mol. The van der Waals surface area contributed by atoms with Gasteiger partial charge >= 0.3 is 0 Å². The van der Waals surface area contributed by atoms with Crippen molar-refractivity contribution in [2.75, 3.05) is 11.5 Å². The first-order valence-corrected chi connectivity index (χ1v) is 5.21. The van der Waals surface area contributed by atoms with Crippen molar-refractivity contribution in [3.05, 3.63) is 39.7 Å². The fourth-order valence-electron chi connectivity index (χ4n) is 1.66. The average molecular weight is 274 g/mol. The Balaban J connectivity index is 2.84. The highest BCUT2D eigenvalue weighted by Gasteiger charge is 2.22. The highest BCUT2D eigenvalue weighted by molar-refractivity contribution is 5.79. The van der Waals surface area contributed by atoms with Gasteiger partial charge in [-0.05, 0) is 12.1 Å². The van der Waals surface area contributed by atoms with Crippen LogP contribution in [0.5, 0.6) is 0 Å². The van der Waals surface area contributed by atoms with Crippen molar-refractivity contribution in [2.45, 2.75) is 0 Å². The van der Waals surface area contributed by atoms with Crippen LogP contribution in [0.25, 0.3) is 11.3 Å². The van der Waals surface area contributed by atoms with Crippen LogP contribution >= 0.6 is 0 Å². The second-order valence-corrected chi connectivity index (χ2v) is 3.72. The zero-order valence-electron chi connectivity index (χ0n) is 9.87. The molecule has 0 amide bonds. The summed E-state index contributed by atoms with van der Waals surface area (Å²) in [5.74, 6) is -1.21. The van der Waals surface area contributed by atoms with Gasteiger partial charge in [0.25, 0.3) is 5.69 Å². The lowest BCUT2D eigenvalue weighted by Crippen LogP contribution is -2.06. The van der Waals surface area contributed by atoms with E-state index in [4.69, 9.17) is 16.7 Å². The summed E-state index contributed by atoms with van der Waals surface area (Å²) in [7, 11) is 0. The summed E-state index contributed by atoms with van der Waals surface area (Å²) in [6.45, 7) is 0. The molecule has 20 heavy (non-hydrogen) atoms. The Morgan fingerprint density at radius 1 is 1.35 bits per heavy atom. The molecule has 100 valence electrons. The Bertz CT molecular complexity index is 755. The SMILES string of the molecule is N#Cc1c(N)nc(N)nc1-c1cc(F)ccc1[N+](=O)[O-]. The zero-order valence-corrected chi connectivity index (χ0v) is 9.87. The van der Waals surface area contributed by atoms with Gasteiger partial charge in [0.1, 0.15) is 29.0 Å². The summed E-state index contributed by atoms with van der Waals surface area (Å²) in [4.78, 5) is 17.6. The third-order valence-corrected chi connectivity index (χ3v) is 2.48. The highest BCUT2D eigenvalue weighted by atomic mass is 19.1. The van der Waals surface area contributed by atoms with Crippen LogP contribution in [0.4, 0.5) is 21.8 Å². The Kier molecular flexibility index (Phi) is 3.14. The van der Waals surface area contributed by atoms with Gasteiger partial charge in [-0.25, -0.2) is 9.37 Å². The van der Waals surface area contributed by atoms with Gasteiger partial charge in [-0.3, -0.25) is 10.1 Å². The molecular formula is C11H7FN6O2. The summed E-state index contributed by atoms with van der Waals surface area (Å²) in [5.41, 5.74) is 9.94. The molecule has 0 unspecified atom stereocenters. The van der Waals surface area contributed by atoms with Gasteiger partial charge in [-0.2, -0.15) is 10.2 Å². The fourth-order valence-corrected chi connectivity index (χ4v) is 1.66. The quantitative estimate of drug-likeness (QED) is 0.618. The van der Waals surface area contributed by atoms with Gasteiger partial charge < -0.3 is 11.5 Å². The van der Waals surface area contributed by atoms with Crippen molar-refractivity contribution in [1.29, 1.82) is 5.26 Å². The molecule has 0 fully saturated rings. The summed E-state index contributed by atoms with van der Waals surface area (Å²) in [6, 6.07) is 4.52. The van der Waals surface area contributed by atoms with E-state index in [9.17, 15) is 14.5 Å². The van der Waals surface area contributed by atoms with Gasteiger partial charge in [0.15, 0.2) is 0 Å². The molecule has 2 rings (SSSR count). The highest BCUT2D eigenvalue weighted by Crippen LogP contribution is 2.33. The van der Waals surface area contributed by atoms with Gasteiger partial charge in [0.2, 0.25) is 5.95 Å². The molecule has 1 heterocycles. The number of halogens is 1. The van der Waals surface area contributed by atoms with Gasteiger partial charge in [0.05, 0.1) is 10.5 Å². The van der Waals surface area contributed by atoms with Crippen LogP contribution in [0.1, 0.15) is 5.56 Å². The molecule has 4 N–H and O–H groups in total. The van der Waals surface area contributed by atoms with Gasteiger partial charge in [-0.15, -0.1) is 0 Å². The smallest absolute Gasteiger partial charge is 0.279 e. The second kappa shape index (κ2) is 4.77. The van der Waals surface area contributed by atoms with Crippen LogP contribution in [-0.2, 0) is 0 Å². The molecule has 9 heteroatoms. The van der Waals surface area contributed by atoms with Gasteiger partial charge in [-0.1, -0.05) is 0 Å². The molecule has 1 aromatic heterocycles. The first-order valence-electron chi connectivity index (χ1n) is 5.21. The van der Waals surface area contributed by atoms with Crippen molar-refractivity contribution in [2.24, 2.45) is 0 Å². The monoisotopic (exact) mass is 274 g/mol. The van der Waals surface area contributed by atoms with Crippen LogP contribution < -0.4 is 11.5 Å². The molecule has 0 atom stereocenters. The van der Waals surface area contributed by atoms with E-state index in [0.29, 0.717) is 0 Å². The summed E-state index contributed by atoms with van der Waals surface area (Å²) in [6.07, 6.45) is 0. The van der Waals surface area contributed by atoms with E-state index in [1.165, 1.54) is 0 Å². The molecule has 0 saturated heterocycles. The lowest BCUT2D eigenvalue weighted by atomic mass is 10.0. The molecule has 0 aliphatic rings. The Morgan fingerprint density at radius 2 is 2.05 bits per heavy atom. The number of nitro benzene ring substituents is 1. The molecule has 1 aromatic carbocycles. The minimum atomic E-state index is -0.718. The van der Waals surface area contributed by atoms with E-state index < -0.39 is 16.4 Å². The number of aromatic nitrogens is 2. The van der Waals surface area contributed by atoms with Crippen LogP contribution in [0.3, 0.4) is 0 Å². The first-order chi connectivity index (χ1) is 9.43. The standard InChI is InChI=1S/C11H7FN6O2/c12-5-1-2-8(18(19)20)6(3-5)9-7(4-13)10(14)17-11(15)16-9/h1-3H,(H4,14,15,16,17). The molecule has 2 aromatic rings. The third-order valence-electron chi connectivity index (χ3n) is 2.48. The second-order valence-electron chi connectivity index (χ2n) is 3.72. The Morgan fingerprint density at radius 3 is 2.65 bits per heavy atom. The van der Waals surface area contributed by atoms with Gasteiger partial charge in [0, 0.05) is 6.07 Å². The van der Waals surface area contributed by atoms with E-state index in [1.54, 1.807) is 6.07 Å². The molecule has 0 aliphatic carbocycles. The third kappa shape index (κ3) is 2.17. The number of hydrogen-bond acceptors (Lipinski definition) is 7. The Labute approximate surface area is 111 Å². The normalized spacial score (nSPS) is 10.0. The number of rotatable bonds is 2. The van der Waals surface area contributed by atoms with Crippen LogP contribution in [0.15, 0.2) is 18.2 Å². The maximum atomic E-state index is 13.3. The van der Waals surface area contributed by atoms with E-state index in [1.807, 2.05) is 0 Å². The van der Waals surface area contributed by atoms with Crippen LogP contribution in [0.2, 0.25) is 0 Å². The molecule has 8 nitrogen and oxygen atoms in total. The van der Waals surface area contributed by atoms with Crippen molar-refractivity contribution in [1.82, 2.24) is 9.97 Å². The van der Waals surface area contributed by atoms with Crippen molar-refractivity contribution < 1.29 is 9.31 Å². The van der Waals surface area contributed by atoms with E-state index in [-0.39, 0.29) is 28.6 Å². The molecule has 0 spiro atoms. The summed E-state index contributed by atoms with van der Waals surface area (Å²) < 4.78 is 13.3. The number of nitriles is 1.